The number of esters is 1. The lowest BCUT2D eigenvalue weighted by Crippen LogP contribution is -2.17. The second kappa shape index (κ2) is 19.6. The van der Waals surface area contributed by atoms with Gasteiger partial charge >= 0.3 is 5.97 Å². The molecule has 11 aromatic rings. The average Bonchev–Trinajstić information content (AvgIpc) is 4.09. The molecule has 0 aliphatic heterocycles. The molecule has 0 atom stereocenters. The summed E-state index contributed by atoms with van der Waals surface area (Å²) in [5, 5.41) is 6.75. The van der Waals surface area contributed by atoms with Gasteiger partial charge in [-0.3, -0.25) is 4.79 Å². The summed E-state index contributed by atoms with van der Waals surface area (Å²) in [6.07, 6.45) is 5.70. The highest BCUT2D eigenvalue weighted by molar-refractivity contribution is 6.11. The Kier molecular flexibility index (Phi) is 13.5. The number of carbonyl (C=O) groups excluding carboxylic acids is 2. The lowest BCUT2D eigenvalue weighted by molar-refractivity contribution is -0.118. The smallest absolute Gasteiger partial charge is 0.337 e. The van der Waals surface area contributed by atoms with Crippen LogP contribution in [0.15, 0.2) is 167 Å². The Bertz CT molecular complexity index is 3590. The van der Waals surface area contributed by atoms with E-state index < -0.39 is 0 Å². The van der Waals surface area contributed by atoms with Gasteiger partial charge in [0.05, 0.1) is 12.7 Å². The molecule has 0 aliphatic carbocycles. The Morgan fingerprint density at radius 1 is 0.552 bits per heavy atom. The maximum absolute atomic E-state index is 11.8. The molecular weight excluding hydrogens is 882 g/mol. The van der Waals surface area contributed by atoms with Gasteiger partial charge in [0, 0.05) is 73.4 Å². The number of halogens is 2. The third-order valence-corrected chi connectivity index (χ3v) is 12.2. The van der Waals surface area contributed by atoms with Gasteiger partial charge in [-0.1, -0.05) is 97.1 Å². The number of amides is 1. The van der Waals surface area contributed by atoms with E-state index in [0.29, 0.717) is 25.2 Å². The van der Waals surface area contributed by atoms with Gasteiger partial charge in [0.2, 0.25) is 5.91 Å². The highest BCUT2D eigenvalue weighted by Crippen LogP contribution is 2.39. The molecular formula is C55H49Cl2N5O5. The van der Waals surface area contributed by atoms with E-state index in [-0.39, 0.29) is 43.2 Å². The Labute approximate surface area is 398 Å². The minimum Gasteiger partial charge on any atom is -0.465 e. The molecule has 6 N–H and O–H groups in total. The van der Waals surface area contributed by atoms with Crippen molar-refractivity contribution in [2.24, 2.45) is 17.2 Å². The number of fused-ring (bicyclic) bond motifs is 8. The van der Waals surface area contributed by atoms with Crippen LogP contribution in [0, 0.1) is 0 Å². The fraction of sp³-hybridized carbons (Fsp3) is 0.127. The van der Waals surface area contributed by atoms with E-state index in [1.165, 1.54) is 18.1 Å². The Morgan fingerprint density at radius 3 is 1.52 bits per heavy atom. The van der Waals surface area contributed by atoms with Crippen LogP contribution in [0.3, 0.4) is 0 Å². The lowest BCUT2D eigenvalue weighted by atomic mass is 9.99. The van der Waals surface area contributed by atoms with Crippen molar-refractivity contribution in [2.75, 3.05) is 20.2 Å². The van der Waals surface area contributed by atoms with Crippen LogP contribution in [0.4, 0.5) is 0 Å². The van der Waals surface area contributed by atoms with Gasteiger partial charge in [0.15, 0.2) is 0 Å². The quantitative estimate of drug-likeness (QED) is 0.109. The van der Waals surface area contributed by atoms with Gasteiger partial charge in [-0.15, -0.1) is 24.8 Å². The van der Waals surface area contributed by atoms with Crippen LogP contribution in [0.25, 0.3) is 87.9 Å². The predicted octanol–water partition coefficient (Wildman–Crippen LogP) is 11.6. The van der Waals surface area contributed by atoms with Crippen molar-refractivity contribution in [3.63, 3.8) is 0 Å². The highest BCUT2D eigenvalue weighted by Gasteiger charge is 2.17. The summed E-state index contributed by atoms with van der Waals surface area (Å²) < 4.78 is 21.4. The van der Waals surface area contributed by atoms with Gasteiger partial charge in [-0.2, -0.15) is 0 Å². The Balaban J connectivity index is 0.000000180. The molecule has 1 amide bonds. The standard InChI is InChI=1S/C31H26N2O3.C24H21N3O2.2ClH/c1-35-31(34)21-11-9-20(10-12-21)18-33-19-23(15-16-32)27-17-22(13-14-28(27)33)24-6-4-7-26-25-5-2-3-8-29(25)36-30(24)26;25-11-10-16-13-27(14-23(26)28)21-9-8-15(12-20(16)21)17-5-3-6-19-18-4-1-2-7-22(18)29-24(17)19;;/h2-14,17,19H,15-16,18,32H2,1H3;1-9,12-13H,10-11,14,25H2,(H2,26,28);2*1H. The molecule has 0 bridgehead atoms. The number of nitrogens with two attached hydrogens (primary N) is 3. The maximum Gasteiger partial charge on any atom is 0.337 e. The van der Waals surface area contributed by atoms with Crippen LogP contribution in [-0.2, 0) is 35.5 Å². The van der Waals surface area contributed by atoms with Crippen molar-refractivity contribution < 1.29 is 23.2 Å². The number of nitrogens with zero attached hydrogens (tertiary/aromatic N) is 2. The lowest BCUT2D eigenvalue weighted by Gasteiger charge is -2.08. The van der Waals surface area contributed by atoms with E-state index in [1.54, 1.807) is 12.1 Å². The minimum atomic E-state index is -0.364. The first kappa shape index (κ1) is 46.2. The molecule has 0 radical (unpaired) electrons. The number of ether oxygens (including phenoxy) is 1. The van der Waals surface area contributed by atoms with Gasteiger partial charge < -0.3 is 39.9 Å². The van der Waals surface area contributed by atoms with Crippen molar-refractivity contribution in [1.82, 2.24) is 9.13 Å². The number of carbonyl (C=O) groups is 2. The van der Waals surface area contributed by atoms with Crippen molar-refractivity contribution >= 4 is 102 Å². The van der Waals surface area contributed by atoms with E-state index in [1.807, 2.05) is 65.4 Å². The van der Waals surface area contributed by atoms with Crippen molar-refractivity contribution in [2.45, 2.75) is 25.9 Å². The fourth-order valence-corrected chi connectivity index (χ4v) is 9.23. The number of rotatable bonds is 11. The monoisotopic (exact) mass is 929 g/mol. The summed E-state index contributed by atoms with van der Waals surface area (Å²) in [5.41, 5.74) is 31.2. The molecule has 0 unspecified atom stereocenters. The zero-order valence-corrected chi connectivity index (χ0v) is 38.4. The Hall–Kier alpha value is -7.34. The van der Waals surface area contributed by atoms with Gasteiger partial charge in [-0.05, 0) is 102 Å². The van der Waals surface area contributed by atoms with E-state index in [2.05, 4.69) is 89.6 Å². The summed E-state index contributed by atoms with van der Waals surface area (Å²) >= 11 is 0. The van der Waals surface area contributed by atoms with Gasteiger partial charge in [0.25, 0.3) is 0 Å². The number of benzene rings is 7. The van der Waals surface area contributed by atoms with E-state index in [4.69, 9.17) is 30.8 Å². The van der Waals surface area contributed by atoms with Gasteiger partial charge in [-0.25, -0.2) is 4.79 Å². The molecule has 10 nitrogen and oxygen atoms in total. The summed E-state index contributed by atoms with van der Waals surface area (Å²) in [4.78, 5) is 23.2. The Morgan fingerprint density at radius 2 is 1.03 bits per heavy atom. The first-order valence-corrected chi connectivity index (χ1v) is 21.7. The molecule has 67 heavy (non-hydrogen) atoms. The molecule has 0 fully saturated rings. The topological polar surface area (TPSA) is 158 Å². The molecule has 7 aromatic carbocycles. The molecule has 4 heterocycles. The molecule has 0 saturated heterocycles. The number of methoxy groups -OCH3 is 1. The SMILES string of the molecule is COC(=O)c1ccc(Cn2cc(CCN)c3cc(-c4cccc5c4oc4ccccc45)ccc32)cc1.Cl.Cl.NCCc1cn(CC(N)=O)c2ccc(-c3cccc4c3oc3ccccc34)cc12. The van der Waals surface area contributed by atoms with Crippen LogP contribution < -0.4 is 17.2 Å². The number of furan rings is 2. The van der Waals surface area contributed by atoms with Crippen LogP contribution in [-0.4, -0.2) is 41.2 Å². The zero-order valence-electron chi connectivity index (χ0n) is 36.7. The summed E-state index contributed by atoms with van der Waals surface area (Å²) in [5.74, 6) is -0.692. The van der Waals surface area contributed by atoms with E-state index in [0.717, 1.165) is 107 Å². The third-order valence-electron chi connectivity index (χ3n) is 12.2. The molecule has 0 aliphatic rings. The van der Waals surface area contributed by atoms with Crippen LogP contribution >= 0.6 is 24.8 Å². The zero-order chi connectivity index (χ0) is 44.6. The van der Waals surface area contributed by atoms with Gasteiger partial charge in [0.1, 0.15) is 28.9 Å². The molecule has 4 aromatic heterocycles. The van der Waals surface area contributed by atoms with Crippen LogP contribution in [0.5, 0.6) is 0 Å². The molecule has 338 valence electrons. The third kappa shape index (κ3) is 8.76. The largest absolute Gasteiger partial charge is 0.465 e. The van der Waals surface area contributed by atoms with Crippen LogP contribution in [0.2, 0.25) is 0 Å². The predicted molar refractivity (Wildman–Crippen MR) is 275 cm³/mol. The number of aromatic nitrogens is 2. The molecule has 0 spiro atoms. The van der Waals surface area contributed by atoms with E-state index in [9.17, 15) is 9.59 Å². The van der Waals surface area contributed by atoms with Crippen molar-refractivity contribution in [1.29, 1.82) is 0 Å². The fourth-order valence-electron chi connectivity index (χ4n) is 9.23. The maximum atomic E-state index is 11.8. The number of para-hydroxylation sites is 4. The second-order valence-electron chi connectivity index (χ2n) is 16.3. The first-order valence-electron chi connectivity index (χ1n) is 21.7. The van der Waals surface area contributed by atoms with Crippen molar-refractivity contribution in [3.05, 3.63) is 180 Å². The molecule has 0 saturated carbocycles. The van der Waals surface area contributed by atoms with Crippen LogP contribution in [0.1, 0.15) is 27.0 Å². The summed E-state index contributed by atoms with van der Waals surface area (Å²) in [7, 11) is 1.39. The summed E-state index contributed by atoms with van der Waals surface area (Å²) in [6.45, 7) is 1.97. The normalized spacial score (nSPS) is 11.2. The summed E-state index contributed by atoms with van der Waals surface area (Å²) in [6, 6.07) is 49.2. The first-order chi connectivity index (χ1) is 31.8. The minimum absolute atomic E-state index is 0. The van der Waals surface area contributed by atoms with E-state index >= 15 is 0 Å². The molecule has 12 heteroatoms. The highest BCUT2D eigenvalue weighted by atomic mass is 35.5. The number of hydrogen-bond acceptors (Lipinski definition) is 7. The van der Waals surface area contributed by atoms with Crippen molar-refractivity contribution in [3.8, 4) is 22.3 Å². The second-order valence-corrected chi connectivity index (χ2v) is 16.3. The average molecular weight is 931 g/mol. The number of hydrogen-bond donors (Lipinski definition) is 3. The molecule has 11 rings (SSSR count). The number of primary amides is 1.